The molecule has 0 saturated carbocycles. The van der Waals surface area contributed by atoms with E-state index in [-0.39, 0.29) is 5.91 Å². The zero-order chi connectivity index (χ0) is 28.6. The number of thiophene rings is 1. The Bertz CT molecular complexity index is 1820. The zero-order valence-electron chi connectivity index (χ0n) is 22.6. The first kappa shape index (κ1) is 26.9. The van der Waals surface area contributed by atoms with Gasteiger partial charge in [-0.05, 0) is 58.5 Å². The van der Waals surface area contributed by atoms with Crippen molar-refractivity contribution in [1.82, 2.24) is 10.4 Å². The second kappa shape index (κ2) is 12.9. The molecule has 6 nitrogen and oxygen atoms in total. The van der Waals surface area contributed by atoms with E-state index in [0.29, 0.717) is 30.3 Å². The number of benzene rings is 4. The van der Waals surface area contributed by atoms with E-state index >= 15 is 0 Å². The Balaban J connectivity index is 1.21. The predicted molar refractivity (Wildman–Crippen MR) is 168 cm³/mol. The van der Waals surface area contributed by atoms with Crippen LogP contribution in [0, 0.1) is 0 Å². The lowest BCUT2D eigenvalue weighted by atomic mass is 10.1. The molecule has 2 aromatic heterocycles. The van der Waals surface area contributed by atoms with Crippen molar-refractivity contribution in [2.75, 3.05) is 0 Å². The van der Waals surface area contributed by atoms with E-state index in [0.717, 1.165) is 38.2 Å². The van der Waals surface area contributed by atoms with Gasteiger partial charge in [0.05, 0.1) is 27.9 Å². The summed E-state index contributed by atoms with van der Waals surface area (Å²) in [7, 11) is 0. The van der Waals surface area contributed by atoms with Gasteiger partial charge in [-0.15, -0.1) is 11.3 Å². The first-order valence-electron chi connectivity index (χ1n) is 13.5. The standard InChI is InChI=1S/C35H27N3O3S/c39-35(29-21-31(34-16-9-19-42-34)37-30-15-8-7-14-28(29)30)38-36-22-27-17-18-32(40-23-25-10-3-1-4-11-25)33(20-27)41-24-26-12-5-2-6-13-26/h1-22H,23-24H2,(H,38,39). The molecule has 0 aliphatic rings. The molecule has 1 N–H and O–H groups in total. The number of para-hydroxylation sites is 1. The minimum Gasteiger partial charge on any atom is -0.485 e. The van der Waals surface area contributed by atoms with Gasteiger partial charge in [0.25, 0.3) is 5.91 Å². The number of carbonyl (C=O) groups excluding carboxylic acids is 1. The molecule has 0 saturated heterocycles. The lowest BCUT2D eigenvalue weighted by Crippen LogP contribution is -2.18. The van der Waals surface area contributed by atoms with Crippen LogP contribution in [0.15, 0.2) is 132 Å². The second-order valence-electron chi connectivity index (χ2n) is 9.50. The molecule has 0 radical (unpaired) electrons. The van der Waals surface area contributed by atoms with Crippen molar-refractivity contribution in [1.29, 1.82) is 0 Å². The van der Waals surface area contributed by atoms with E-state index in [2.05, 4.69) is 10.5 Å². The van der Waals surface area contributed by atoms with Crippen molar-refractivity contribution < 1.29 is 14.3 Å². The van der Waals surface area contributed by atoms with Crippen LogP contribution in [0.2, 0.25) is 0 Å². The average molecular weight is 570 g/mol. The van der Waals surface area contributed by atoms with Crippen LogP contribution in [-0.2, 0) is 13.2 Å². The van der Waals surface area contributed by atoms with Gasteiger partial charge in [-0.25, -0.2) is 10.4 Å². The third-order valence-electron chi connectivity index (χ3n) is 6.56. The summed E-state index contributed by atoms with van der Waals surface area (Å²) in [5.41, 5.74) is 7.56. The molecule has 4 aromatic carbocycles. The van der Waals surface area contributed by atoms with E-state index < -0.39 is 0 Å². The van der Waals surface area contributed by atoms with Crippen LogP contribution < -0.4 is 14.9 Å². The quantitative estimate of drug-likeness (QED) is 0.135. The van der Waals surface area contributed by atoms with Gasteiger partial charge in [0.1, 0.15) is 13.2 Å². The number of ether oxygens (including phenoxy) is 2. The number of amides is 1. The molecule has 0 spiro atoms. The molecule has 0 aliphatic carbocycles. The highest BCUT2D eigenvalue weighted by Gasteiger charge is 2.14. The van der Waals surface area contributed by atoms with Gasteiger partial charge in [0.2, 0.25) is 0 Å². The van der Waals surface area contributed by atoms with E-state index in [4.69, 9.17) is 14.5 Å². The summed E-state index contributed by atoms with van der Waals surface area (Å²) in [4.78, 5) is 19.0. The summed E-state index contributed by atoms with van der Waals surface area (Å²) in [6.45, 7) is 0.806. The van der Waals surface area contributed by atoms with Crippen molar-refractivity contribution in [3.8, 4) is 22.1 Å². The highest BCUT2D eigenvalue weighted by molar-refractivity contribution is 7.13. The summed E-state index contributed by atoms with van der Waals surface area (Å²) in [5.74, 6) is 0.900. The predicted octanol–water partition coefficient (Wildman–Crippen LogP) is 7.89. The molecule has 0 aliphatic heterocycles. The Morgan fingerprint density at radius 1 is 0.762 bits per heavy atom. The fourth-order valence-electron chi connectivity index (χ4n) is 4.45. The van der Waals surface area contributed by atoms with Crippen LogP contribution in [0.5, 0.6) is 11.5 Å². The summed E-state index contributed by atoms with van der Waals surface area (Å²) >= 11 is 1.58. The van der Waals surface area contributed by atoms with Crippen molar-refractivity contribution in [3.05, 3.63) is 149 Å². The normalized spacial score (nSPS) is 11.0. The Kier molecular flexibility index (Phi) is 8.29. The van der Waals surface area contributed by atoms with Crippen LogP contribution in [0.25, 0.3) is 21.5 Å². The maximum atomic E-state index is 13.3. The molecule has 0 bridgehead atoms. The van der Waals surface area contributed by atoms with Crippen molar-refractivity contribution >= 4 is 34.4 Å². The van der Waals surface area contributed by atoms with Crippen molar-refractivity contribution in [2.24, 2.45) is 5.10 Å². The van der Waals surface area contributed by atoms with E-state index in [1.807, 2.05) is 127 Å². The van der Waals surface area contributed by atoms with Crippen molar-refractivity contribution in [2.45, 2.75) is 13.2 Å². The van der Waals surface area contributed by atoms with Crippen molar-refractivity contribution in [3.63, 3.8) is 0 Å². The molecule has 6 rings (SSSR count). The van der Waals surface area contributed by atoms with Crippen LogP contribution in [0.1, 0.15) is 27.0 Å². The first-order valence-corrected chi connectivity index (χ1v) is 14.4. The van der Waals surface area contributed by atoms with E-state index in [1.54, 1.807) is 17.6 Å². The smallest absolute Gasteiger partial charge is 0.272 e. The maximum absolute atomic E-state index is 13.3. The van der Waals surface area contributed by atoms with Gasteiger partial charge in [-0.3, -0.25) is 4.79 Å². The Morgan fingerprint density at radius 2 is 1.45 bits per heavy atom. The van der Waals surface area contributed by atoms with Gasteiger partial charge in [0, 0.05) is 5.39 Å². The van der Waals surface area contributed by atoms with Gasteiger partial charge < -0.3 is 9.47 Å². The molecule has 42 heavy (non-hydrogen) atoms. The number of rotatable bonds is 10. The zero-order valence-corrected chi connectivity index (χ0v) is 23.5. The Hall–Kier alpha value is -5.27. The minimum atomic E-state index is -0.314. The number of hydrazone groups is 1. The topological polar surface area (TPSA) is 72.8 Å². The Morgan fingerprint density at radius 3 is 2.17 bits per heavy atom. The average Bonchev–Trinajstić information content (AvgIpc) is 3.59. The highest BCUT2D eigenvalue weighted by atomic mass is 32.1. The maximum Gasteiger partial charge on any atom is 0.272 e. The monoisotopic (exact) mass is 569 g/mol. The fraction of sp³-hybridized carbons (Fsp3) is 0.0571. The van der Waals surface area contributed by atoms with Gasteiger partial charge in [0.15, 0.2) is 11.5 Å². The van der Waals surface area contributed by atoms with Crippen LogP contribution in [0.3, 0.4) is 0 Å². The van der Waals surface area contributed by atoms with Gasteiger partial charge >= 0.3 is 0 Å². The SMILES string of the molecule is O=C(NN=Cc1ccc(OCc2ccccc2)c(OCc2ccccc2)c1)c1cc(-c2cccs2)nc2ccccc12. The number of nitrogens with one attached hydrogen (secondary N) is 1. The number of fused-ring (bicyclic) bond motifs is 1. The molecular formula is C35H27N3O3S. The summed E-state index contributed by atoms with van der Waals surface area (Å²) in [6, 6.07) is 38.9. The summed E-state index contributed by atoms with van der Waals surface area (Å²) in [6.07, 6.45) is 1.60. The van der Waals surface area contributed by atoms with E-state index in [1.165, 1.54) is 0 Å². The number of hydrogen-bond donors (Lipinski definition) is 1. The minimum absolute atomic E-state index is 0.314. The molecule has 6 aromatic rings. The second-order valence-corrected chi connectivity index (χ2v) is 10.5. The highest BCUT2D eigenvalue weighted by Crippen LogP contribution is 2.30. The number of aromatic nitrogens is 1. The number of pyridine rings is 1. The molecule has 7 heteroatoms. The summed E-state index contributed by atoms with van der Waals surface area (Å²) in [5, 5.41) is 7.02. The fourth-order valence-corrected chi connectivity index (χ4v) is 5.13. The molecule has 0 fully saturated rings. The number of nitrogens with zero attached hydrogens (tertiary/aromatic N) is 2. The molecule has 2 heterocycles. The Labute approximate surface area is 247 Å². The number of hydrogen-bond acceptors (Lipinski definition) is 6. The van der Waals surface area contributed by atoms with Crippen LogP contribution >= 0.6 is 11.3 Å². The van der Waals surface area contributed by atoms with Gasteiger partial charge in [-0.2, -0.15) is 5.10 Å². The van der Waals surface area contributed by atoms with Crippen LogP contribution in [-0.4, -0.2) is 17.1 Å². The molecule has 0 unspecified atom stereocenters. The molecule has 0 atom stereocenters. The number of carbonyl (C=O) groups is 1. The molecular weight excluding hydrogens is 542 g/mol. The van der Waals surface area contributed by atoms with Crippen LogP contribution in [0.4, 0.5) is 0 Å². The lowest BCUT2D eigenvalue weighted by molar-refractivity contribution is 0.0956. The largest absolute Gasteiger partial charge is 0.485 e. The third-order valence-corrected chi connectivity index (χ3v) is 7.45. The van der Waals surface area contributed by atoms with E-state index in [9.17, 15) is 4.79 Å². The molecule has 206 valence electrons. The lowest BCUT2D eigenvalue weighted by Gasteiger charge is -2.14. The van der Waals surface area contributed by atoms with Gasteiger partial charge in [-0.1, -0.05) is 84.9 Å². The summed E-state index contributed by atoms with van der Waals surface area (Å²) < 4.78 is 12.3. The molecule has 1 amide bonds. The first-order chi connectivity index (χ1) is 20.7. The third kappa shape index (κ3) is 6.54.